The maximum Gasteiger partial charge on any atom is 0.0991 e. The second-order valence-corrected chi connectivity index (χ2v) is 12.8. The molecule has 9 aromatic rings. The van der Waals surface area contributed by atoms with Gasteiger partial charge >= 0.3 is 0 Å². The second-order valence-electron chi connectivity index (χ2n) is 12.8. The summed E-state index contributed by atoms with van der Waals surface area (Å²) in [5.41, 5.74) is 15.3. The van der Waals surface area contributed by atoms with Crippen molar-refractivity contribution in [3.8, 4) is 67.4 Å². The molecule has 0 aliphatic heterocycles. The zero-order valence-corrected chi connectivity index (χ0v) is 27.9. The van der Waals surface area contributed by atoms with Gasteiger partial charge in [-0.15, -0.1) is 0 Å². The van der Waals surface area contributed by atoms with Gasteiger partial charge in [-0.2, -0.15) is 5.26 Å². The molecule has 238 valence electrons. The molecule has 0 saturated carbocycles. The van der Waals surface area contributed by atoms with E-state index < -0.39 is 0 Å². The van der Waals surface area contributed by atoms with Crippen LogP contribution in [0.4, 0.5) is 0 Å². The zero-order chi connectivity index (χ0) is 34.1. The topological polar surface area (TPSA) is 28.7 Å². The fourth-order valence-electron chi connectivity index (χ4n) is 7.46. The van der Waals surface area contributed by atoms with E-state index in [4.69, 9.17) is 0 Å². The molecule has 0 atom stereocenters. The molecule has 0 aliphatic carbocycles. The van der Waals surface area contributed by atoms with E-state index in [9.17, 15) is 5.26 Å². The Labute approximate surface area is 297 Å². The maximum atomic E-state index is 10.1. The van der Waals surface area contributed by atoms with Crippen molar-refractivity contribution in [2.75, 3.05) is 0 Å². The molecule has 1 heterocycles. The molecule has 8 aromatic carbocycles. The summed E-state index contributed by atoms with van der Waals surface area (Å²) in [4.78, 5) is 0. The lowest BCUT2D eigenvalue weighted by atomic mass is 9.88. The van der Waals surface area contributed by atoms with Crippen LogP contribution in [0.15, 0.2) is 194 Å². The van der Waals surface area contributed by atoms with Crippen LogP contribution in [-0.4, -0.2) is 4.57 Å². The lowest BCUT2D eigenvalue weighted by Crippen LogP contribution is -1.99. The highest BCUT2D eigenvalue weighted by Crippen LogP contribution is 2.43. The largest absolute Gasteiger partial charge is 0.309 e. The first-order valence-electron chi connectivity index (χ1n) is 17.2. The Hall–Kier alpha value is -6.95. The molecule has 0 bridgehead atoms. The lowest BCUT2D eigenvalue weighted by molar-refractivity contribution is 1.18. The third kappa shape index (κ3) is 5.39. The van der Waals surface area contributed by atoms with E-state index in [1.807, 2.05) is 18.2 Å². The Morgan fingerprint density at radius 2 is 0.804 bits per heavy atom. The molecule has 51 heavy (non-hydrogen) atoms. The van der Waals surface area contributed by atoms with Gasteiger partial charge in [0.25, 0.3) is 0 Å². The average molecular weight is 649 g/mol. The maximum absolute atomic E-state index is 10.1. The van der Waals surface area contributed by atoms with Gasteiger partial charge in [-0.1, -0.05) is 152 Å². The zero-order valence-electron chi connectivity index (χ0n) is 27.9. The van der Waals surface area contributed by atoms with Gasteiger partial charge in [0, 0.05) is 16.3 Å². The molecule has 0 N–H and O–H groups in total. The molecule has 0 amide bonds. The van der Waals surface area contributed by atoms with Crippen LogP contribution in [-0.2, 0) is 0 Å². The average Bonchev–Trinajstić information content (AvgIpc) is 3.54. The van der Waals surface area contributed by atoms with E-state index in [1.54, 1.807) is 0 Å². The van der Waals surface area contributed by atoms with E-state index in [0.29, 0.717) is 5.56 Å². The Kier molecular flexibility index (Phi) is 7.58. The summed E-state index contributed by atoms with van der Waals surface area (Å²) in [5, 5.41) is 12.5. The summed E-state index contributed by atoms with van der Waals surface area (Å²) >= 11 is 0. The molecular weight excluding hydrogens is 617 g/mol. The number of fused-ring (bicyclic) bond motifs is 3. The van der Waals surface area contributed by atoms with Crippen LogP contribution in [0.2, 0.25) is 0 Å². The van der Waals surface area contributed by atoms with Crippen molar-refractivity contribution in [1.29, 1.82) is 5.26 Å². The summed E-state index contributed by atoms with van der Waals surface area (Å²) in [6.07, 6.45) is 0. The van der Waals surface area contributed by atoms with Crippen molar-refractivity contribution in [3.63, 3.8) is 0 Å². The van der Waals surface area contributed by atoms with E-state index >= 15 is 0 Å². The van der Waals surface area contributed by atoms with Gasteiger partial charge in [0.1, 0.15) is 0 Å². The van der Waals surface area contributed by atoms with Crippen LogP contribution in [0.5, 0.6) is 0 Å². The summed E-state index contributed by atoms with van der Waals surface area (Å²) < 4.78 is 2.40. The van der Waals surface area contributed by atoms with Crippen LogP contribution < -0.4 is 0 Å². The monoisotopic (exact) mass is 648 g/mol. The minimum Gasteiger partial charge on any atom is -0.309 e. The Morgan fingerprint density at radius 3 is 1.37 bits per heavy atom. The summed E-state index contributed by atoms with van der Waals surface area (Å²) in [7, 11) is 0. The molecule has 0 radical (unpaired) electrons. The molecule has 1 aromatic heterocycles. The van der Waals surface area contributed by atoms with Gasteiger partial charge in [0.15, 0.2) is 0 Å². The number of hydrogen-bond acceptors (Lipinski definition) is 1. The fraction of sp³-hybridized carbons (Fsp3) is 0. The molecule has 0 fully saturated rings. The molecule has 0 aliphatic rings. The van der Waals surface area contributed by atoms with Gasteiger partial charge in [0.05, 0.1) is 28.4 Å². The SMILES string of the molecule is N#Cc1ccc(-c2ccccc2-c2ccccc2)c(-c2ccccc2-n2c3ccc(-c4ccccc4)cc3c3cc(-c4ccccc4)ccc32)c1. The van der Waals surface area contributed by atoms with Crippen molar-refractivity contribution in [2.24, 2.45) is 0 Å². The minimum atomic E-state index is 0.628. The van der Waals surface area contributed by atoms with Gasteiger partial charge in [-0.3, -0.25) is 0 Å². The van der Waals surface area contributed by atoms with Crippen molar-refractivity contribution in [2.45, 2.75) is 0 Å². The van der Waals surface area contributed by atoms with E-state index in [-0.39, 0.29) is 0 Å². The molecule has 0 spiro atoms. The summed E-state index contributed by atoms with van der Waals surface area (Å²) in [6.45, 7) is 0. The number of para-hydroxylation sites is 1. The standard InChI is InChI=1S/C49H32N2/c50-33-34-24-27-42(41-21-11-10-20-40(41)37-18-8-3-9-19-37)44(30-34)43-22-12-13-23-47(43)51-48-28-25-38(35-14-4-1-5-15-35)31-45(48)46-32-39(26-29-49(46)51)36-16-6-2-7-17-36/h1-32H. The highest BCUT2D eigenvalue weighted by atomic mass is 15.0. The third-order valence-corrected chi connectivity index (χ3v) is 9.87. The van der Waals surface area contributed by atoms with Crippen molar-refractivity contribution in [1.82, 2.24) is 4.57 Å². The number of hydrogen-bond donors (Lipinski definition) is 0. The van der Waals surface area contributed by atoms with E-state index in [0.717, 1.165) is 50.1 Å². The van der Waals surface area contributed by atoms with Crippen LogP contribution >= 0.6 is 0 Å². The van der Waals surface area contributed by atoms with Crippen LogP contribution in [0.1, 0.15) is 5.56 Å². The van der Waals surface area contributed by atoms with Gasteiger partial charge in [-0.25, -0.2) is 0 Å². The lowest BCUT2D eigenvalue weighted by Gasteiger charge is -2.19. The normalized spacial score (nSPS) is 11.1. The molecule has 9 rings (SSSR count). The van der Waals surface area contributed by atoms with Crippen LogP contribution in [0.3, 0.4) is 0 Å². The van der Waals surface area contributed by atoms with Crippen LogP contribution in [0, 0.1) is 11.3 Å². The molecule has 0 unspecified atom stereocenters. The summed E-state index contributed by atoms with van der Waals surface area (Å²) in [6, 6.07) is 71.0. The highest BCUT2D eigenvalue weighted by molar-refractivity contribution is 6.12. The minimum absolute atomic E-state index is 0.628. The van der Waals surface area contributed by atoms with E-state index in [1.165, 1.54) is 33.0 Å². The molecule has 2 heteroatoms. The number of nitrogens with zero attached hydrogens (tertiary/aromatic N) is 2. The van der Waals surface area contributed by atoms with Crippen LogP contribution in [0.25, 0.3) is 83.1 Å². The predicted octanol–water partition coefficient (Wildman–Crippen LogP) is 13.0. The predicted molar refractivity (Wildman–Crippen MR) is 213 cm³/mol. The number of aromatic nitrogens is 1. The first kappa shape index (κ1) is 30.1. The quantitative estimate of drug-likeness (QED) is 0.176. The molecule has 0 saturated heterocycles. The highest BCUT2D eigenvalue weighted by Gasteiger charge is 2.20. The first-order chi connectivity index (χ1) is 25.3. The van der Waals surface area contributed by atoms with Crippen molar-refractivity contribution >= 4 is 21.8 Å². The Balaban J connectivity index is 1.32. The van der Waals surface area contributed by atoms with Gasteiger partial charge in [0.2, 0.25) is 0 Å². The van der Waals surface area contributed by atoms with Crippen molar-refractivity contribution in [3.05, 3.63) is 200 Å². The van der Waals surface area contributed by atoms with E-state index in [2.05, 4.69) is 187 Å². The second kappa shape index (κ2) is 12.8. The molecular formula is C49H32N2. The fourth-order valence-corrected chi connectivity index (χ4v) is 7.46. The summed E-state index contributed by atoms with van der Waals surface area (Å²) in [5.74, 6) is 0. The number of nitriles is 1. The third-order valence-electron chi connectivity index (χ3n) is 9.87. The van der Waals surface area contributed by atoms with Crippen molar-refractivity contribution < 1.29 is 0 Å². The molecule has 2 nitrogen and oxygen atoms in total. The Morgan fingerprint density at radius 1 is 0.333 bits per heavy atom. The first-order valence-corrected chi connectivity index (χ1v) is 17.2. The number of benzene rings is 8. The van der Waals surface area contributed by atoms with Gasteiger partial charge < -0.3 is 4.57 Å². The van der Waals surface area contributed by atoms with Gasteiger partial charge in [-0.05, 0) is 92.5 Å². The smallest absolute Gasteiger partial charge is 0.0991 e. The number of rotatable bonds is 6. The Bertz CT molecular complexity index is 2640.